The van der Waals surface area contributed by atoms with Crippen molar-refractivity contribution in [2.75, 3.05) is 6.54 Å². The van der Waals surface area contributed by atoms with Gasteiger partial charge in [0.25, 0.3) is 0 Å². The zero-order valence-electron chi connectivity index (χ0n) is 12.0. The largest absolute Gasteiger partial charge is 0.308 e. The van der Waals surface area contributed by atoms with Gasteiger partial charge >= 0.3 is 0 Å². The summed E-state index contributed by atoms with van der Waals surface area (Å²) < 4.78 is 0. The van der Waals surface area contributed by atoms with Crippen molar-refractivity contribution in [3.8, 4) is 0 Å². The molecule has 2 aromatic heterocycles. The highest BCUT2D eigenvalue weighted by Crippen LogP contribution is 2.24. The van der Waals surface area contributed by atoms with E-state index in [1.165, 1.54) is 9.75 Å². The highest BCUT2D eigenvalue weighted by atomic mass is 35.5. The Morgan fingerprint density at radius 3 is 2.60 bits per heavy atom. The van der Waals surface area contributed by atoms with Crippen LogP contribution in [0.3, 0.4) is 0 Å². The minimum absolute atomic E-state index is 0.260. The third-order valence-corrected chi connectivity index (χ3v) is 4.69. The average molecular weight is 309 g/mol. The summed E-state index contributed by atoms with van der Waals surface area (Å²) >= 11 is 7.82. The molecule has 0 aliphatic carbocycles. The van der Waals surface area contributed by atoms with Gasteiger partial charge < -0.3 is 5.32 Å². The van der Waals surface area contributed by atoms with Gasteiger partial charge in [0.1, 0.15) is 0 Å². The molecular weight excluding hydrogens is 288 g/mol. The Bertz CT molecular complexity index is 522. The molecule has 0 aliphatic rings. The first-order valence-corrected chi connectivity index (χ1v) is 8.34. The molecule has 0 spiro atoms. The molecule has 0 bridgehead atoms. The average Bonchev–Trinajstić information content (AvgIpc) is 2.92. The minimum atomic E-state index is 0.260. The van der Waals surface area contributed by atoms with Gasteiger partial charge in [0.05, 0.1) is 16.8 Å². The van der Waals surface area contributed by atoms with Crippen LogP contribution in [0.25, 0.3) is 0 Å². The number of halogens is 1. The van der Waals surface area contributed by atoms with Crippen LogP contribution in [0.2, 0.25) is 5.02 Å². The zero-order valence-corrected chi connectivity index (χ0v) is 13.6. The fourth-order valence-corrected chi connectivity index (χ4v) is 3.23. The van der Waals surface area contributed by atoms with Crippen LogP contribution in [0.4, 0.5) is 0 Å². The summed E-state index contributed by atoms with van der Waals surface area (Å²) in [5.74, 6) is 0. The Morgan fingerprint density at radius 1 is 1.20 bits per heavy atom. The van der Waals surface area contributed by atoms with Crippen LogP contribution >= 0.6 is 22.9 Å². The van der Waals surface area contributed by atoms with Gasteiger partial charge in [-0.3, -0.25) is 4.98 Å². The summed E-state index contributed by atoms with van der Waals surface area (Å²) in [5, 5.41) is 4.27. The molecule has 1 unspecified atom stereocenters. The van der Waals surface area contributed by atoms with Crippen LogP contribution in [0.5, 0.6) is 0 Å². The number of hydrogen-bond donors (Lipinski definition) is 1. The molecule has 2 rings (SSSR count). The van der Waals surface area contributed by atoms with E-state index in [0.29, 0.717) is 5.02 Å². The zero-order chi connectivity index (χ0) is 14.4. The van der Waals surface area contributed by atoms with Crippen LogP contribution < -0.4 is 5.32 Å². The summed E-state index contributed by atoms with van der Waals surface area (Å²) in [5.41, 5.74) is 1.06. The molecule has 108 valence electrons. The van der Waals surface area contributed by atoms with Crippen molar-refractivity contribution in [1.82, 2.24) is 10.3 Å². The van der Waals surface area contributed by atoms with Crippen LogP contribution in [-0.2, 0) is 12.8 Å². The number of aryl methyl sites for hydroxylation is 1. The lowest BCUT2D eigenvalue weighted by Crippen LogP contribution is -2.24. The van der Waals surface area contributed by atoms with Gasteiger partial charge in [-0.1, -0.05) is 25.4 Å². The van der Waals surface area contributed by atoms with E-state index in [9.17, 15) is 0 Å². The normalized spacial score (nSPS) is 12.6. The third-order valence-electron chi connectivity index (χ3n) is 3.22. The molecule has 2 aromatic rings. The van der Waals surface area contributed by atoms with E-state index in [1.807, 2.05) is 23.5 Å². The molecule has 0 fully saturated rings. The second-order valence-corrected chi connectivity index (χ2v) is 6.52. The standard InChI is InChI=1S/C16H21ClN2S/c1-3-9-18-16(15-8-5-12(17)11-19-15)10-14-7-6-13(4-2)20-14/h5-8,11,16,18H,3-4,9-10H2,1-2H3. The van der Waals surface area contributed by atoms with Crippen LogP contribution in [0, 0.1) is 0 Å². The topological polar surface area (TPSA) is 24.9 Å². The lowest BCUT2D eigenvalue weighted by atomic mass is 10.1. The predicted octanol–water partition coefficient (Wildman–Crippen LogP) is 4.64. The molecule has 20 heavy (non-hydrogen) atoms. The molecule has 4 heteroatoms. The van der Waals surface area contributed by atoms with Crippen molar-refractivity contribution in [2.45, 2.75) is 39.2 Å². The summed E-state index contributed by atoms with van der Waals surface area (Å²) in [7, 11) is 0. The molecule has 1 N–H and O–H groups in total. The summed E-state index contributed by atoms with van der Waals surface area (Å²) in [6.45, 7) is 5.38. The third kappa shape index (κ3) is 4.30. The summed E-state index contributed by atoms with van der Waals surface area (Å²) in [6, 6.07) is 8.66. The van der Waals surface area contributed by atoms with Crippen LogP contribution in [0.1, 0.15) is 41.8 Å². The van der Waals surface area contributed by atoms with Gasteiger partial charge in [-0.05, 0) is 43.7 Å². The monoisotopic (exact) mass is 308 g/mol. The molecule has 0 aliphatic heterocycles. The van der Waals surface area contributed by atoms with E-state index in [1.54, 1.807) is 6.20 Å². The fourth-order valence-electron chi connectivity index (χ4n) is 2.12. The van der Waals surface area contributed by atoms with E-state index in [-0.39, 0.29) is 6.04 Å². The lowest BCUT2D eigenvalue weighted by Gasteiger charge is -2.17. The number of rotatable bonds is 7. The highest BCUT2D eigenvalue weighted by Gasteiger charge is 2.14. The molecule has 0 aromatic carbocycles. The van der Waals surface area contributed by atoms with E-state index in [4.69, 9.17) is 11.6 Å². The molecule has 0 saturated carbocycles. The first kappa shape index (κ1) is 15.5. The molecule has 0 radical (unpaired) electrons. The highest BCUT2D eigenvalue weighted by molar-refractivity contribution is 7.11. The summed E-state index contributed by atoms with van der Waals surface area (Å²) in [4.78, 5) is 7.32. The van der Waals surface area contributed by atoms with Gasteiger partial charge in [-0.25, -0.2) is 0 Å². The Balaban J connectivity index is 2.12. The maximum absolute atomic E-state index is 5.92. The lowest BCUT2D eigenvalue weighted by molar-refractivity contribution is 0.521. The van der Waals surface area contributed by atoms with Gasteiger partial charge in [0.2, 0.25) is 0 Å². The van der Waals surface area contributed by atoms with Crippen LogP contribution in [0.15, 0.2) is 30.5 Å². The second kappa shape index (κ2) is 7.77. The van der Waals surface area contributed by atoms with E-state index in [2.05, 4.69) is 36.3 Å². The number of nitrogens with zero attached hydrogens (tertiary/aromatic N) is 1. The van der Waals surface area contributed by atoms with Crippen molar-refractivity contribution in [3.63, 3.8) is 0 Å². The smallest absolute Gasteiger partial charge is 0.0589 e. The molecular formula is C16H21ClN2S. The van der Waals surface area contributed by atoms with Gasteiger partial charge in [0.15, 0.2) is 0 Å². The van der Waals surface area contributed by atoms with Crippen molar-refractivity contribution < 1.29 is 0 Å². The Morgan fingerprint density at radius 2 is 2.00 bits per heavy atom. The first-order valence-electron chi connectivity index (χ1n) is 7.15. The van der Waals surface area contributed by atoms with Crippen molar-refractivity contribution in [1.29, 1.82) is 0 Å². The van der Waals surface area contributed by atoms with Gasteiger partial charge in [-0.15, -0.1) is 11.3 Å². The number of aromatic nitrogens is 1. The van der Waals surface area contributed by atoms with Crippen LogP contribution in [-0.4, -0.2) is 11.5 Å². The van der Waals surface area contributed by atoms with E-state index in [0.717, 1.165) is 31.5 Å². The maximum atomic E-state index is 5.92. The molecule has 1 atom stereocenters. The predicted molar refractivity (Wildman–Crippen MR) is 87.7 cm³/mol. The van der Waals surface area contributed by atoms with E-state index >= 15 is 0 Å². The fraction of sp³-hybridized carbons (Fsp3) is 0.438. The SMILES string of the molecule is CCCNC(Cc1ccc(CC)s1)c1ccc(Cl)cn1. The minimum Gasteiger partial charge on any atom is -0.308 e. The van der Waals surface area contributed by atoms with Crippen molar-refractivity contribution in [2.24, 2.45) is 0 Å². The van der Waals surface area contributed by atoms with Crippen molar-refractivity contribution >= 4 is 22.9 Å². The Labute approximate surface area is 130 Å². The molecule has 2 heterocycles. The number of nitrogens with one attached hydrogen (secondary N) is 1. The van der Waals surface area contributed by atoms with Gasteiger partial charge in [0, 0.05) is 22.4 Å². The first-order chi connectivity index (χ1) is 9.72. The number of pyridine rings is 1. The Kier molecular flexibility index (Phi) is 6.02. The molecule has 0 amide bonds. The molecule has 0 saturated heterocycles. The second-order valence-electron chi connectivity index (χ2n) is 4.83. The molecule has 2 nitrogen and oxygen atoms in total. The van der Waals surface area contributed by atoms with Gasteiger partial charge in [-0.2, -0.15) is 0 Å². The summed E-state index contributed by atoms with van der Waals surface area (Å²) in [6.07, 6.45) is 4.94. The van der Waals surface area contributed by atoms with E-state index < -0.39 is 0 Å². The quantitative estimate of drug-likeness (QED) is 0.806. The number of thiophene rings is 1. The number of hydrogen-bond acceptors (Lipinski definition) is 3. The maximum Gasteiger partial charge on any atom is 0.0589 e. The van der Waals surface area contributed by atoms with Crippen molar-refractivity contribution in [3.05, 3.63) is 50.9 Å². The Hall–Kier alpha value is -0.900.